The lowest BCUT2D eigenvalue weighted by Gasteiger charge is -2.29. The SMILES string of the molecule is C[N+](C)(CCC(=O)O)Cc1ccccc1.[Cl-]. The Labute approximate surface area is 103 Å². The van der Waals surface area contributed by atoms with Gasteiger partial charge in [-0.15, -0.1) is 0 Å². The highest BCUT2D eigenvalue weighted by Crippen LogP contribution is 2.09. The van der Waals surface area contributed by atoms with Gasteiger partial charge in [0, 0.05) is 5.56 Å². The van der Waals surface area contributed by atoms with E-state index in [1.54, 1.807) is 0 Å². The molecule has 0 heterocycles. The molecule has 0 aromatic heterocycles. The fourth-order valence-corrected chi connectivity index (χ4v) is 1.56. The zero-order valence-corrected chi connectivity index (χ0v) is 10.4. The van der Waals surface area contributed by atoms with E-state index in [4.69, 9.17) is 5.11 Å². The molecule has 0 spiro atoms. The second-order valence-corrected chi connectivity index (χ2v) is 4.45. The Bertz CT molecular complexity index is 325. The molecule has 90 valence electrons. The zero-order valence-electron chi connectivity index (χ0n) is 9.69. The molecule has 0 saturated carbocycles. The normalized spacial score (nSPS) is 10.6. The molecule has 0 fully saturated rings. The predicted octanol–water partition coefficient (Wildman–Crippen LogP) is -1.26. The first-order valence-corrected chi connectivity index (χ1v) is 5.07. The van der Waals surface area contributed by atoms with Crippen molar-refractivity contribution >= 4 is 5.97 Å². The Hall–Kier alpha value is -1.06. The van der Waals surface area contributed by atoms with Crippen molar-refractivity contribution in [3.8, 4) is 0 Å². The first-order valence-electron chi connectivity index (χ1n) is 5.07. The van der Waals surface area contributed by atoms with Gasteiger partial charge in [-0.05, 0) is 0 Å². The molecule has 3 nitrogen and oxygen atoms in total. The number of benzene rings is 1. The zero-order chi connectivity index (χ0) is 11.3. The molecule has 4 heteroatoms. The van der Waals surface area contributed by atoms with Gasteiger partial charge >= 0.3 is 5.97 Å². The summed E-state index contributed by atoms with van der Waals surface area (Å²) >= 11 is 0. The number of nitrogens with zero attached hydrogens (tertiary/aromatic N) is 1. The molecule has 0 unspecified atom stereocenters. The number of halogens is 1. The number of rotatable bonds is 5. The highest BCUT2D eigenvalue weighted by atomic mass is 35.5. The van der Waals surface area contributed by atoms with E-state index in [1.165, 1.54) is 5.56 Å². The van der Waals surface area contributed by atoms with E-state index in [1.807, 2.05) is 18.2 Å². The third-order valence-electron chi connectivity index (χ3n) is 2.38. The van der Waals surface area contributed by atoms with Crippen LogP contribution in [0.5, 0.6) is 0 Å². The Morgan fingerprint density at radius 2 is 1.81 bits per heavy atom. The van der Waals surface area contributed by atoms with Crippen LogP contribution < -0.4 is 12.4 Å². The van der Waals surface area contributed by atoms with Crippen molar-refractivity contribution < 1.29 is 26.8 Å². The highest BCUT2D eigenvalue weighted by molar-refractivity contribution is 5.66. The smallest absolute Gasteiger partial charge is 0.309 e. The minimum absolute atomic E-state index is 0. The van der Waals surface area contributed by atoms with Crippen LogP contribution in [-0.4, -0.2) is 36.2 Å². The molecule has 1 rings (SSSR count). The van der Waals surface area contributed by atoms with Crippen molar-refractivity contribution in [3.63, 3.8) is 0 Å². The van der Waals surface area contributed by atoms with Crippen LogP contribution in [0.4, 0.5) is 0 Å². The molecule has 0 amide bonds. The molecule has 0 saturated heterocycles. The van der Waals surface area contributed by atoms with Gasteiger partial charge in [0.2, 0.25) is 0 Å². The van der Waals surface area contributed by atoms with Crippen molar-refractivity contribution in [2.45, 2.75) is 13.0 Å². The van der Waals surface area contributed by atoms with Crippen LogP contribution >= 0.6 is 0 Å². The predicted molar refractivity (Wildman–Crippen MR) is 59.4 cm³/mol. The summed E-state index contributed by atoms with van der Waals surface area (Å²) in [4.78, 5) is 10.5. The molecule has 1 aromatic carbocycles. The van der Waals surface area contributed by atoms with Crippen LogP contribution in [0.3, 0.4) is 0 Å². The summed E-state index contributed by atoms with van der Waals surface area (Å²) < 4.78 is 0.705. The third kappa shape index (κ3) is 5.73. The molecule has 0 atom stereocenters. The van der Waals surface area contributed by atoms with Crippen molar-refractivity contribution in [1.29, 1.82) is 0 Å². The molecule has 0 bridgehead atoms. The van der Waals surface area contributed by atoms with Crippen LogP contribution in [0.25, 0.3) is 0 Å². The van der Waals surface area contributed by atoms with Crippen LogP contribution in [0.15, 0.2) is 30.3 Å². The van der Waals surface area contributed by atoms with E-state index in [0.717, 1.165) is 6.54 Å². The topological polar surface area (TPSA) is 37.3 Å². The second kappa shape index (κ2) is 6.51. The molecule has 0 aliphatic rings. The van der Waals surface area contributed by atoms with Crippen molar-refractivity contribution in [1.82, 2.24) is 0 Å². The van der Waals surface area contributed by atoms with Gasteiger partial charge in [0.1, 0.15) is 6.54 Å². The van der Waals surface area contributed by atoms with Crippen LogP contribution in [0.2, 0.25) is 0 Å². The monoisotopic (exact) mass is 243 g/mol. The molecule has 0 aliphatic heterocycles. The fourth-order valence-electron chi connectivity index (χ4n) is 1.56. The van der Waals surface area contributed by atoms with Crippen LogP contribution in [-0.2, 0) is 11.3 Å². The van der Waals surface area contributed by atoms with Crippen molar-refractivity contribution in [2.75, 3.05) is 20.6 Å². The average molecular weight is 244 g/mol. The Morgan fingerprint density at radius 1 is 1.25 bits per heavy atom. The number of carboxylic acids is 1. The molecule has 0 radical (unpaired) electrons. The summed E-state index contributed by atoms with van der Waals surface area (Å²) in [5.41, 5.74) is 1.24. The molecule has 16 heavy (non-hydrogen) atoms. The number of hydrogen-bond acceptors (Lipinski definition) is 1. The first-order chi connectivity index (χ1) is 6.99. The second-order valence-electron chi connectivity index (χ2n) is 4.45. The third-order valence-corrected chi connectivity index (χ3v) is 2.38. The Kier molecular flexibility index (Phi) is 6.08. The van der Waals surface area contributed by atoms with Gasteiger partial charge < -0.3 is 22.0 Å². The maximum Gasteiger partial charge on any atom is 0.309 e. The highest BCUT2D eigenvalue weighted by Gasteiger charge is 2.16. The standard InChI is InChI=1S/C12H17NO2.ClH/c1-13(2,9-8-12(14)15)10-11-6-4-3-5-7-11;/h3-7H,8-10H2,1-2H3;1H. The minimum Gasteiger partial charge on any atom is -1.00 e. The Balaban J connectivity index is 0.00000225. The summed E-state index contributed by atoms with van der Waals surface area (Å²) in [6, 6.07) is 10.1. The van der Waals surface area contributed by atoms with E-state index >= 15 is 0 Å². The van der Waals surface area contributed by atoms with E-state index in [9.17, 15) is 4.79 Å². The van der Waals surface area contributed by atoms with Crippen LogP contribution in [0, 0.1) is 0 Å². The van der Waals surface area contributed by atoms with E-state index in [2.05, 4.69) is 26.2 Å². The molecule has 0 aliphatic carbocycles. The molecular weight excluding hydrogens is 226 g/mol. The summed E-state index contributed by atoms with van der Waals surface area (Å²) in [6.07, 6.45) is 0.222. The largest absolute Gasteiger partial charge is 1.00 e. The number of carbonyl (C=O) groups is 1. The van der Waals surface area contributed by atoms with Crippen molar-refractivity contribution in [3.05, 3.63) is 35.9 Å². The van der Waals surface area contributed by atoms with Crippen molar-refractivity contribution in [2.24, 2.45) is 0 Å². The lowest BCUT2D eigenvalue weighted by Crippen LogP contribution is -3.00. The number of carboxylic acid groups (broad SMARTS) is 1. The van der Waals surface area contributed by atoms with Gasteiger partial charge in [0.05, 0.1) is 27.1 Å². The van der Waals surface area contributed by atoms with E-state index in [-0.39, 0.29) is 18.8 Å². The van der Waals surface area contributed by atoms with Gasteiger partial charge in [-0.1, -0.05) is 30.3 Å². The maximum atomic E-state index is 10.5. The number of quaternary nitrogens is 1. The molecule has 1 aromatic rings. The molecule has 1 N–H and O–H groups in total. The number of aliphatic carboxylic acids is 1. The summed E-state index contributed by atoms with van der Waals surface area (Å²) in [5.74, 6) is -0.728. The fraction of sp³-hybridized carbons (Fsp3) is 0.417. The van der Waals surface area contributed by atoms with Gasteiger partial charge in [0.25, 0.3) is 0 Å². The maximum absolute atomic E-state index is 10.5. The van der Waals surface area contributed by atoms with Crippen LogP contribution in [0.1, 0.15) is 12.0 Å². The summed E-state index contributed by atoms with van der Waals surface area (Å²) in [7, 11) is 4.10. The first kappa shape index (κ1) is 14.9. The lowest BCUT2D eigenvalue weighted by atomic mass is 10.2. The van der Waals surface area contributed by atoms with Gasteiger partial charge in [-0.25, -0.2) is 0 Å². The van der Waals surface area contributed by atoms with E-state index < -0.39 is 5.97 Å². The van der Waals surface area contributed by atoms with Gasteiger partial charge in [-0.2, -0.15) is 0 Å². The molecular formula is C12H18ClNO2. The lowest BCUT2D eigenvalue weighted by molar-refractivity contribution is -0.903. The number of hydrogen-bond donors (Lipinski definition) is 1. The quantitative estimate of drug-likeness (QED) is 0.656. The summed E-state index contributed by atoms with van der Waals surface area (Å²) in [6.45, 7) is 1.53. The Morgan fingerprint density at radius 3 is 2.31 bits per heavy atom. The van der Waals surface area contributed by atoms with E-state index in [0.29, 0.717) is 11.0 Å². The average Bonchev–Trinajstić information content (AvgIpc) is 2.16. The minimum atomic E-state index is -0.728. The summed E-state index contributed by atoms with van der Waals surface area (Å²) in [5, 5.41) is 8.63. The van der Waals surface area contributed by atoms with Gasteiger partial charge in [0.15, 0.2) is 0 Å². The van der Waals surface area contributed by atoms with Gasteiger partial charge in [-0.3, -0.25) is 4.79 Å².